The normalized spacial score (nSPS) is 27.6. The van der Waals surface area contributed by atoms with Gasteiger partial charge in [-0.15, -0.1) is 0 Å². The van der Waals surface area contributed by atoms with E-state index in [1.54, 1.807) is 0 Å². The van der Waals surface area contributed by atoms with Crippen LogP contribution in [0.5, 0.6) is 0 Å². The van der Waals surface area contributed by atoms with Gasteiger partial charge in [0, 0.05) is 18.7 Å². The number of rotatable bonds is 3. The number of nitrogens with zero attached hydrogens (tertiary/aromatic N) is 2. The first-order valence-corrected chi connectivity index (χ1v) is 6.64. The molecule has 1 aliphatic carbocycles. The maximum absolute atomic E-state index is 10.9. The number of hydrogen-bond donors (Lipinski definition) is 1. The first-order chi connectivity index (χ1) is 7.88. The van der Waals surface area contributed by atoms with Crippen LogP contribution in [-0.4, -0.2) is 20.5 Å². The van der Waals surface area contributed by atoms with E-state index in [9.17, 15) is 5.11 Å². The lowest BCUT2D eigenvalue weighted by Crippen LogP contribution is -2.42. The molecule has 1 fully saturated rings. The summed E-state index contributed by atoms with van der Waals surface area (Å²) in [7, 11) is 0. The van der Waals surface area contributed by atoms with Gasteiger partial charge in [0.25, 0.3) is 0 Å². The second-order valence-corrected chi connectivity index (χ2v) is 6.04. The Morgan fingerprint density at radius 3 is 2.65 bits per heavy atom. The largest absolute Gasteiger partial charge is 0.389 e. The van der Waals surface area contributed by atoms with E-state index in [0.29, 0.717) is 0 Å². The lowest BCUT2D eigenvalue weighted by Gasteiger charge is -2.36. The molecule has 17 heavy (non-hydrogen) atoms. The first kappa shape index (κ1) is 12.6. The fraction of sp³-hybridized carbons (Fsp3) is 0.786. The fourth-order valence-corrected chi connectivity index (χ4v) is 3.04. The number of aliphatic hydroxyl groups is 1. The minimum Gasteiger partial charge on any atom is -0.389 e. The van der Waals surface area contributed by atoms with Crippen molar-refractivity contribution in [1.29, 1.82) is 0 Å². The zero-order chi connectivity index (χ0) is 12.7. The lowest BCUT2D eigenvalue weighted by molar-refractivity contribution is -0.0433. The first-order valence-electron chi connectivity index (χ1n) is 6.64. The molecule has 3 nitrogen and oxygen atoms in total. The minimum atomic E-state index is -0.563. The molecule has 0 bridgehead atoms. The fourth-order valence-electron chi connectivity index (χ4n) is 3.04. The molecule has 1 unspecified atom stereocenters. The molecule has 3 heteroatoms. The Morgan fingerprint density at radius 1 is 1.41 bits per heavy atom. The Hall–Kier alpha value is -0.830. The van der Waals surface area contributed by atoms with E-state index in [2.05, 4.69) is 31.9 Å². The standard InChI is InChI=1S/C14H24N2O/c1-5-16-12(9-11(2)15-16)10-14(17)8-6-7-13(14,3)4/h9,17H,5-8,10H2,1-4H3. The zero-order valence-electron chi connectivity index (χ0n) is 11.5. The van der Waals surface area contributed by atoms with Gasteiger partial charge in [-0.3, -0.25) is 4.68 Å². The molecule has 1 saturated carbocycles. The molecular weight excluding hydrogens is 212 g/mol. The molecule has 96 valence electrons. The predicted molar refractivity (Wildman–Crippen MR) is 68.9 cm³/mol. The van der Waals surface area contributed by atoms with E-state index in [1.807, 2.05) is 11.6 Å². The maximum Gasteiger partial charge on any atom is 0.0753 e. The molecule has 1 heterocycles. The van der Waals surface area contributed by atoms with Crippen LogP contribution in [0.3, 0.4) is 0 Å². The van der Waals surface area contributed by atoms with Gasteiger partial charge in [0.1, 0.15) is 0 Å². The summed E-state index contributed by atoms with van der Waals surface area (Å²) in [6, 6.07) is 2.11. The van der Waals surface area contributed by atoms with E-state index in [1.165, 1.54) is 5.69 Å². The summed E-state index contributed by atoms with van der Waals surface area (Å²) >= 11 is 0. The van der Waals surface area contributed by atoms with Crippen LogP contribution in [0.1, 0.15) is 51.4 Å². The van der Waals surface area contributed by atoms with E-state index >= 15 is 0 Å². The quantitative estimate of drug-likeness (QED) is 0.876. The number of aromatic nitrogens is 2. The van der Waals surface area contributed by atoms with Crippen LogP contribution in [-0.2, 0) is 13.0 Å². The average Bonchev–Trinajstić information content (AvgIpc) is 2.69. The lowest BCUT2D eigenvalue weighted by atomic mass is 9.75. The summed E-state index contributed by atoms with van der Waals surface area (Å²) in [6.45, 7) is 9.35. The van der Waals surface area contributed by atoms with Crippen LogP contribution in [0.25, 0.3) is 0 Å². The van der Waals surface area contributed by atoms with Crippen LogP contribution < -0.4 is 0 Å². The highest BCUT2D eigenvalue weighted by molar-refractivity contribution is 5.15. The third-order valence-electron chi connectivity index (χ3n) is 4.41. The molecule has 1 atom stereocenters. The molecule has 0 aliphatic heterocycles. The second-order valence-electron chi connectivity index (χ2n) is 6.04. The molecular formula is C14H24N2O. The number of aryl methyl sites for hydroxylation is 2. The van der Waals surface area contributed by atoms with Crippen molar-refractivity contribution in [3.8, 4) is 0 Å². The summed E-state index contributed by atoms with van der Waals surface area (Å²) in [5.74, 6) is 0. The summed E-state index contributed by atoms with van der Waals surface area (Å²) in [6.07, 6.45) is 3.88. The SMILES string of the molecule is CCn1nc(C)cc1CC1(O)CCCC1(C)C. The molecule has 0 saturated heterocycles. The smallest absolute Gasteiger partial charge is 0.0753 e. The number of hydrogen-bond acceptors (Lipinski definition) is 2. The van der Waals surface area contributed by atoms with E-state index in [0.717, 1.165) is 37.9 Å². The van der Waals surface area contributed by atoms with E-state index in [4.69, 9.17) is 0 Å². The Kier molecular flexibility index (Phi) is 3.06. The van der Waals surface area contributed by atoms with Crippen LogP contribution in [0.15, 0.2) is 6.07 Å². The van der Waals surface area contributed by atoms with Crippen molar-refractivity contribution >= 4 is 0 Å². The maximum atomic E-state index is 10.9. The van der Waals surface area contributed by atoms with Crippen molar-refractivity contribution in [2.24, 2.45) is 5.41 Å². The van der Waals surface area contributed by atoms with Crippen LogP contribution >= 0.6 is 0 Å². The third-order valence-corrected chi connectivity index (χ3v) is 4.41. The Labute approximate surface area is 104 Å². The van der Waals surface area contributed by atoms with Crippen LogP contribution in [0.4, 0.5) is 0 Å². The molecule has 0 spiro atoms. The Balaban J connectivity index is 2.25. The second kappa shape index (κ2) is 4.13. The minimum absolute atomic E-state index is 0.0176. The van der Waals surface area contributed by atoms with Crippen LogP contribution in [0.2, 0.25) is 0 Å². The molecule has 2 rings (SSSR count). The summed E-state index contributed by atoms with van der Waals surface area (Å²) in [5.41, 5.74) is 1.67. The Morgan fingerprint density at radius 2 is 2.12 bits per heavy atom. The van der Waals surface area contributed by atoms with Crippen molar-refractivity contribution in [2.45, 2.75) is 65.5 Å². The zero-order valence-corrected chi connectivity index (χ0v) is 11.5. The Bertz CT molecular complexity index is 408. The summed E-state index contributed by atoms with van der Waals surface area (Å²) in [5, 5.41) is 15.3. The van der Waals surface area contributed by atoms with E-state index < -0.39 is 5.60 Å². The highest BCUT2D eigenvalue weighted by Gasteiger charge is 2.47. The van der Waals surface area contributed by atoms with Gasteiger partial charge in [-0.05, 0) is 44.6 Å². The average molecular weight is 236 g/mol. The molecule has 1 aromatic heterocycles. The van der Waals surface area contributed by atoms with Gasteiger partial charge in [-0.25, -0.2) is 0 Å². The van der Waals surface area contributed by atoms with Gasteiger partial charge in [0.05, 0.1) is 11.3 Å². The van der Waals surface area contributed by atoms with Crippen molar-refractivity contribution < 1.29 is 5.11 Å². The summed E-state index contributed by atoms with van der Waals surface area (Å²) < 4.78 is 2.02. The monoisotopic (exact) mass is 236 g/mol. The third kappa shape index (κ3) is 2.13. The van der Waals surface area contributed by atoms with Gasteiger partial charge in [-0.1, -0.05) is 13.8 Å². The highest BCUT2D eigenvalue weighted by Crippen LogP contribution is 2.47. The molecule has 0 aromatic carbocycles. The van der Waals surface area contributed by atoms with Crippen molar-refractivity contribution in [3.63, 3.8) is 0 Å². The molecule has 0 amide bonds. The van der Waals surface area contributed by atoms with Crippen molar-refractivity contribution in [1.82, 2.24) is 9.78 Å². The summed E-state index contributed by atoms with van der Waals surface area (Å²) in [4.78, 5) is 0. The van der Waals surface area contributed by atoms with Crippen molar-refractivity contribution in [2.75, 3.05) is 0 Å². The van der Waals surface area contributed by atoms with Gasteiger partial charge < -0.3 is 5.11 Å². The van der Waals surface area contributed by atoms with Gasteiger partial charge >= 0.3 is 0 Å². The van der Waals surface area contributed by atoms with Gasteiger partial charge in [0.2, 0.25) is 0 Å². The van der Waals surface area contributed by atoms with Gasteiger partial charge in [0.15, 0.2) is 0 Å². The van der Waals surface area contributed by atoms with Gasteiger partial charge in [-0.2, -0.15) is 5.10 Å². The molecule has 0 radical (unpaired) electrons. The predicted octanol–water partition coefficient (Wildman–Crippen LogP) is 2.70. The molecule has 1 aromatic rings. The van der Waals surface area contributed by atoms with Crippen molar-refractivity contribution in [3.05, 3.63) is 17.5 Å². The molecule has 1 aliphatic rings. The molecule has 1 N–H and O–H groups in total. The van der Waals surface area contributed by atoms with Crippen LogP contribution in [0, 0.1) is 12.3 Å². The van der Waals surface area contributed by atoms with E-state index in [-0.39, 0.29) is 5.41 Å². The highest BCUT2D eigenvalue weighted by atomic mass is 16.3. The topological polar surface area (TPSA) is 38.0 Å².